The second-order valence-corrected chi connectivity index (χ2v) is 10.5. The van der Waals surface area contributed by atoms with Crippen molar-refractivity contribution in [2.75, 3.05) is 18.4 Å². The summed E-state index contributed by atoms with van der Waals surface area (Å²) in [5, 5.41) is 2.90. The van der Waals surface area contributed by atoms with Crippen LogP contribution in [0.5, 0.6) is 0 Å². The highest BCUT2D eigenvalue weighted by Gasteiger charge is 2.29. The normalized spacial score (nSPS) is 11.6. The molecule has 0 fully saturated rings. The van der Waals surface area contributed by atoms with Gasteiger partial charge in [0.2, 0.25) is 15.9 Å². The molecule has 3 rings (SSSR count). The summed E-state index contributed by atoms with van der Waals surface area (Å²) in [6.45, 7) is 9.42. The molecule has 0 atom stereocenters. The Kier molecular flexibility index (Phi) is 7.72. The van der Waals surface area contributed by atoms with Crippen molar-refractivity contribution in [3.05, 3.63) is 94.0 Å². The van der Waals surface area contributed by atoms with Crippen LogP contribution < -0.4 is 5.32 Å². The SMILES string of the molecule is Cc1cc(C)c(S(=O)(=O)N(CCc2ccccc2)CC(=O)Nc2cccc(C)c2C)c(C)c1. The molecule has 33 heavy (non-hydrogen) atoms. The van der Waals surface area contributed by atoms with E-state index >= 15 is 0 Å². The molecule has 0 radical (unpaired) electrons. The van der Waals surface area contributed by atoms with Crippen LogP contribution in [0.3, 0.4) is 0 Å². The quantitative estimate of drug-likeness (QED) is 0.504. The molecule has 0 bridgehead atoms. The number of aryl methyl sites for hydroxylation is 4. The number of benzene rings is 3. The lowest BCUT2D eigenvalue weighted by Gasteiger charge is -2.24. The molecule has 0 heterocycles. The topological polar surface area (TPSA) is 66.5 Å². The standard InChI is InChI=1S/C27H32N2O3S/c1-19-16-21(3)27(22(4)17-19)33(31,32)29(15-14-24-11-7-6-8-12-24)18-26(30)28-25-13-9-10-20(2)23(25)5/h6-13,16-17H,14-15,18H2,1-5H3,(H,28,30). The van der Waals surface area contributed by atoms with Crippen molar-refractivity contribution in [1.29, 1.82) is 0 Å². The summed E-state index contributed by atoms with van der Waals surface area (Å²) in [5.74, 6) is -0.359. The van der Waals surface area contributed by atoms with Crippen molar-refractivity contribution in [1.82, 2.24) is 4.31 Å². The molecular formula is C27H32N2O3S. The predicted octanol–water partition coefficient (Wildman–Crippen LogP) is 5.10. The van der Waals surface area contributed by atoms with Gasteiger partial charge in [-0.15, -0.1) is 0 Å². The Bertz CT molecular complexity index is 1230. The number of amides is 1. The van der Waals surface area contributed by atoms with Crippen LogP contribution in [0.15, 0.2) is 65.6 Å². The maximum Gasteiger partial charge on any atom is 0.244 e. The number of hydrogen-bond donors (Lipinski definition) is 1. The van der Waals surface area contributed by atoms with Gasteiger partial charge in [0.25, 0.3) is 0 Å². The Morgan fingerprint density at radius 1 is 0.848 bits per heavy atom. The minimum Gasteiger partial charge on any atom is -0.325 e. The third kappa shape index (κ3) is 5.89. The van der Waals surface area contributed by atoms with Crippen molar-refractivity contribution in [3.63, 3.8) is 0 Å². The number of rotatable bonds is 8. The summed E-state index contributed by atoms with van der Waals surface area (Å²) in [5.41, 5.74) is 6.13. The van der Waals surface area contributed by atoms with Crippen molar-refractivity contribution < 1.29 is 13.2 Å². The van der Waals surface area contributed by atoms with Gasteiger partial charge in [0.15, 0.2) is 0 Å². The minimum absolute atomic E-state index is 0.208. The highest BCUT2D eigenvalue weighted by molar-refractivity contribution is 7.89. The van der Waals surface area contributed by atoms with Crippen LogP contribution in [0.1, 0.15) is 33.4 Å². The van der Waals surface area contributed by atoms with Gasteiger partial charge in [-0.1, -0.05) is 60.2 Å². The van der Waals surface area contributed by atoms with Crippen molar-refractivity contribution in [2.24, 2.45) is 0 Å². The maximum absolute atomic E-state index is 13.8. The molecule has 1 amide bonds. The molecule has 174 valence electrons. The van der Waals surface area contributed by atoms with Crippen LogP contribution in [0.25, 0.3) is 0 Å². The lowest BCUT2D eigenvalue weighted by atomic mass is 10.1. The van der Waals surface area contributed by atoms with Crippen molar-refractivity contribution in [3.8, 4) is 0 Å². The van der Waals surface area contributed by atoms with Gasteiger partial charge in [0, 0.05) is 12.2 Å². The summed E-state index contributed by atoms with van der Waals surface area (Å²) in [6, 6.07) is 19.1. The number of carbonyl (C=O) groups is 1. The maximum atomic E-state index is 13.8. The molecule has 0 saturated heterocycles. The number of carbonyl (C=O) groups excluding carboxylic acids is 1. The lowest BCUT2D eigenvalue weighted by molar-refractivity contribution is -0.116. The van der Waals surface area contributed by atoms with Gasteiger partial charge in [-0.25, -0.2) is 8.42 Å². The molecule has 5 nitrogen and oxygen atoms in total. The minimum atomic E-state index is -3.88. The Labute approximate surface area is 197 Å². The predicted molar refractivity (Wildman–Crippen MR) is 134 cm³/mol. The van der Waals surface area contributed by atoms with Gasteiger partial charge in [-0.2, -0.15) is 4.31 Å². The molecular weight excluding hydrogens is 432 g/mol. The largest absolute Gasteiger partial charge is 0.325 e. The first kappa shape index (κ1) is 24.7. The van der Waals surface area contributed by atoms with E-state index in [4.69, 9.17) is 0 Å². The number of hydrogen-bond acceptors (Lipinski definition) is 3. The lowest BCUT2D eigenvalue weighted by Crippen LogP contribution is -2.40. The first-order valence-corrected chi connectivity index (χ1v) is 12.5. The zero-order valence-electron chi connectivity index (χ0n) is 20.0. The Morgan fingerprint density at radius 2 is 1.48 bits per heavy atom. The molecule has 0 spiro atoms. The Morgan fingerprint density at radius 3 is 2.12 bits per heavy atom. The second-order valence-electron chi connectivity index (χ2n) is 8.60. The van der Waals surface area contributed by atoms with E-state index in [0.29, 0.717) is 23.2 Å². The van der Waals surface area contributed by atoms with E-state index in [1.807, 2.05) is 81.4 Å². The average Bonchev–Trinajstić information content (AvgIpc) is 2.74. The van der Waals surface area contributed by atoms with Gasteiger partial charge in [0.1, 0.15) is 0 Å². The summed E-state index contributed by atoms with van der Waals surface area (Å²) >= 11 is 0. The summed E-state index contributed by atoms with van der Waals surface area (Å²) in [4.78, 5) is 13.3. The van der Waals surface area contributed by atoms with Crippen molar-refractivity contribution in [2.45, 2.75) is 45.9 Å². The van der Waals surface area contributed by atoms with E-state index in [2.05, 4.69) is 5.32 Å². The fourth-order valence-electron chi connectivity index (χ4n) is 4.12. The molecule has 6 heteroatoms. The summed E-state index contributed by atoms with van der Waals surface area (Å²) in [7, 11) is -3.88. The van der Waals surface area contributed by atoms with Crippen LogP contribution in [0.2, 0.25) is 0 Å². The Balaban J connectivity index is 1.92. The second kappa shape index (κ2) is 10.3. The van der Waals surface area contributed by atoms with Gasteiger partial charge in [-0.3, -0.25) is 4.79 Å². The van der Waals surface area contributed by atoms with Gasteiger partial charge < -0.3 is 5.32 Å². The van der Waals surface area contributed by atoms with Crippen LogP contribution in [-0.4, -0.2) is 31.7 Å². The fraction of sp³-hybridized carbons (Fsp3) is 0.296. The number of anilines is 1. The molecule has 0 aliphatic rings. The third-order valence-corrected chi connectivity index (χ3v) is 8.05. The number of sulfonamides is 1. The highest BCUT2D eigenvalue weighted by atomic mass is 32.2. The molecule has 0 aliphatic carbocycles. The van der Waals surface area contributed by atoms with E-state index in [0.717, 1.165) is 22.3 Å². The molecule has 1 N–H and O–H groups in total. The summed E-state index contributed by atoms with van der Waals surface area (Å²) < 4.78 is 28.8. The smallest absolute Gasteiger partial charge is 0.244 e. The van der Waals surface area contributed by atoms with Crippen LogP contribution >= 0.6 is 0 Å². The van der Waals surface area contributed by atoms with Crippen LogP contribution in [0, 0.1) is 34.6 Å². The van der Waals surface area contributed by atoms with Crippen LogP contribution in [0.4, 0.5) is 5.69 Å². The number of nitrogens with one attached hydrogen (secondary N) is 1. The first-order chi connectivity index (χ1) is 15.6. The third-order valence-electron chi connectivity index (χ3n) is 5.89. The number of nitrogens with zero attached hydrogens (tertiary/aromatic N) is 1. The fourth-order valence-corrected chi connectivity index (χ4v) is 5.93. The first-order valence-electron chi connectivity index (χ1n) is 11.1. The Hall–Kier alpha value is -2.96. The molecule has 0 aliphatic heterocycles. The average molecular weight is 465 g/mol. The zero-order chi connectivity index (χ0) is 24.2. The molecule has 0 saturated carbocycles. The van der Waals surface area contributed by atoms with E-state index in [1.54, 1.807) is 13.8 Å². The monoisotopic (exact) mass is 464 g/mol. The molecule has 3 aromatic carbocycles. The molecule has 0 aromatic heterocycles. The highest BCUT2D eigenvalue weighted by Crippen LogP contribution is 2.26. The zero-order valence-corrected chi connectivity index (χ0v) is 20.8. The summed E-state index contributed by atoms with van der Waals surface area (Å²) in [6.07, 6.45) is 0.515. The molecule has 0 unspecified atom stereocenters. The molecule has 3 aromatic rings. The van der Waals surface area contributed by atoms with Gasteiger partial charge in [0.05, 0.1) is 11.4 Å². The van der Waals surface area contributed by atoms with Crippen LogP contribution in [-0.2, 0) is 21.2 Å². The van der Waals surface area contributed by atoms with E-state index < -0.39 is 10.0 Å². The van der Waals surface area contributed by atoms with E-state index in [-0.39, 0.29) is 23.9 Å². The van der Waals surface area contributed by atoms with Gasteiger partial charge in [-0.05, 0) is 74.9 Å². The van der Waals surface area contributed by atoms with E-state index in [9.17, 15) is 13.2 Å². The van der Waals surface area contributed by atoms with E-state index in [1.165, 1.54) is 4.31 Å². The van der Waals surface area contributed by atoms with Crippen molar-refractivity contribution >= 4 is 21.6 Å². The van der Waals surface area contributed by atoms with Gasteiger partial charge >= 0.3 is 0 Å².